The molecule has 20 heavy (non-hydrogen) atoms. The van der Waals surface area contributed by atoms with E-state index in [1.807, 2.05) is 0 Å². The quantitative estimate of drug-likeness (QED) is 0.799. The average molecular weight is 331 g/mol. The summed E-state index contributed by atoms with van der Waals surface area (Å²) in [5.41, 5.74) is 0.581. The van der Waals surface area contributed by atoms with Crippen LogP contribution in [0.4, 0.5) is 5.69 Å². The summed E-state index contributed by atoms with van der Waals surface area (Å²) in [5, 5.41) is 6.69. The zero-order chi connectivity index (χ0) is 14.5. The number of hydrogen-bond donors (Lipinski definition) is 2. The van der Waals surface area contributed by atoms with Gasteiger partial charge in [0.1, 0.15) is 0 Å². The molecule has 0 unspecified atom stereocenters. The minimum Gasteiger partial charge on any atom is -0.369 e. The van der Waals surface area contributed by atoms with E-state index in [0.717, 1.165) is 12.8 Å². The molecule has 1 aromatic rings. The highest BCUT2D eigenvalue weighted by Gasteiger charge is 2.17. The summed E-state index contributed by atoms with van der Waals surface area (Å²) in [7, 11) is 0. The summed E-state index contributed by atoms with van der Waals surface area (Å²) >= 11 is 16.9. The number of rotatable bonds is 2. The Balaban J connectivity index is 1.89. The first-order valence-electron chi connectivity index (χ1n) is 6.63. The number of halogens is 2. The van der Waals surface area contributed by atoms with Crippen molar-refractivity contribution in [3.8, 4) is 0 Å². The van der Waals surface area contributed by atoms with Gasteiger partial charge in [-0.15, -0.1) is 0 Å². The number of carbonyl (C=O) groups excluding carboxylic acids is 1. The molecule has 0 atom stereocenters. The molecule has 0 heterocycles. The van der Waals surface area contributed by atoms with E-state index in [4.69, 9.17) is 35.4 Å². The first-order chi connectivity index (χ1) is 9.56. The van der Waals surface area contributed by atoms with Crippen LogP contribution in [0.1, 0.15) is 32.1 Å². The zero-order valence-corrected chi connectivity index (χ0v) is 13.2. The Hall–Kier alpha value is -0.840. The topological polar surface area (TPSA) is 41.1 Å². The number of anilines is 1. The molecular weight excluding hydrogens is 315 g/mol. The highest BCUT2D eigenvalue weighted by Crippen LogP contribution is 2.25. The smallest absolute Gasteiger partial charge is 0.283 e. The molecule has 1 aliphatic rings. The summed E-state index contributed by atoms with van der Waals surface area (Å²) in [6.45, 7) is 0. The van der Waals surface area contributed by atoms with Gasteiger partial charge >= 0.3 is 0 Å². The van der Waals surface area contributed by atoms with Gasteiger partial charge in [-0.2, -0.15) is 0 Å². The number of amides is 1. The molecule has 0 saturated heterocycles. The van der Waals surface area contributed by atoms with E-state index in [0.29, 0.717) is 21.8 Å². The van der Waals surface area contributed by atoms with Gasteiger partial charge in [0.15, 0.2) is 4.99 Å². The summed E-state index contributed by atoms with van der Waals surface area (Å²) < 4.78 is 0. The third-order valence-electron chi connectivity index (χ3n) is 3.32. The van der Waals surface area contributed by atoms with Crippen LogP contribution < -0.4 is 10.6 Å². The lowest BCUT2D eigenvalue weighted by Gasteiger charge is -2.23. The first-order valence-corrected chi connectivity index (χ1v) is 7.79. The minimum atomic E-state index is -0.316. The number of hydrogen-bond acceptors (Lipinski definition) is 2. The lowest BCUT2D eigenvalue weighted by molar-refractivity contribution is -0.110. The largest absolute Gasteiger partial charge is 0.369 e. The van der Waals surface area contributed by atoms with Crippen LogP contribution in [0.25, 0.3) is 0 Å². The SMILES string of the molecule is O=C(Nc1ccc(Cl)c(Cl)c1)C(=S)NC1CCCCC1. The van der Waals surface area contributed by atoms with Gasteiger partial charge in [0.05, 0.1) is 10.0 Å². The van der Waals surface area contributed by atoms with Gasteiger partial charge in [-0.05, 0) is 31.0 Å². The Morgan fingerprint density at radius 3 is 2.50 bits per heavy atom. The van der Waals surface area contributed by atoms with E-state index < -0.39 is 0 Å². The van der Waals surface area contributed by atoms with Crippen molar-refractivity contribution in [1.29, 1.82) is 0 Å². The maximum atomic E-state index is 12.0. The van der Waals surface area contributed by atoms with Gasteiger partial charge in [0, 0.05) is 11.7 Å². The molecule has 1 amide bonds. The van der Waals surface area contributed by atoms with Crippen molar-refractivity contribution in [1.82, 2.24) is 5.32 Å². The van der Waals surface area contributed by atoms with Crippen LogP contribution in [0.2, 0.25) is 10.0 Å². The number of thiocarbonyl (C=S) groups is 1. The molecule has 3 nitrogen and oxygen atoms in total. The zero-order valence-electron chi connectivity index (χ0n) is 10.9. The lowest BCUT2D eigenvalue weighted by Crippen LogP contribution is -2.41. The third kappa shape index (κ3) is 4.33. The fraction of sp³-hybridized carbons (Fsp3) is 0.429. The van der Waals surface area contributed by atoms with Crippen LogP contribution in [0.3, 0.4) is 0 Å². The molecule has 2 N–H and O–H groups in total. The molecule has 1 aliphatic carbocycles. The minimum absolute atomic E-state index is 0.225. The van der Waals surface area contributed by atoms with E-state index in [2.05, 4.69) is 10.6 Å². The predicted molar refractivity (Wildman–Crippen MR) is 87.7 cm³/mol. The van der Waals surface area contributed by atoms with Crippen molar-refractivity contribution in [2.45, 2.75) is 38.1 Å². The highest BCUT2D eigenvalue weighted by molar-refractivity contribution is 7.82. The second kappa shape index (κ2) is 7.25. The van der Waals surface area contributed by atoms with Crippen LogP contribution >= 0.6 is 35.4 Å². The Bertz CT molecular complexity index is 516. The second-order valence-electron chi connectivity index (χ2n) is 4.89. The average Bonchev–Trinajstić information content (AvgIpc) is 2.44. The normalized spacial score (nSPS) is 15.7. The molecule has 1 aromatic carbocycles. The summed E-state index contributed by atoms with van der Waals surface area (Å²) in [6.07, 6.45) is 5.78. The lowest BCUT2D eigenvalue weighted by atomic mass is 9.95. The first kappa shape index (κ1) is 15.5. The van der Waals surface area contributed by atoms with E-state index in [1.54, 1.807) is 18.2 Å². The molecule has 2 rings (SSSR count). The Morgan fingerprint density at radius 1 is 1.15 bits per heavy atom. The summed E-state index contributed by atoms with van der Waals surface area (Å²) in [6, 6.07) is 5.24. The molecule has 0 spiro atoms. The van der Waals surface area contributed by atoms with Gasteiger partial charge in [0.25, 0.3) is 5.91 Å². The fourth-order valence-electron chi connectivity index (χ4n) is 2.26. The van der Waals surface area contributed by atoms with E-state index in [1.165, 1.54) is 19.3 Å². The molecule has 0 bridgehead atoms. The maximum Gasteiger partial charge on any atom is 0.283 e. The van der Waals surface area contributed by atoms with Crippen LogP contribution in [-0.2, 0) is 4.79 Å². The molecule has 108 valence electrons. The monoisotopic (exact) mass is 330 g/mol. The molecule has 6 heteroatoms. The third-order valence-corrected chi connectivity index (χ3v) is 4.37. The van der Waals surface area contributed by atoms with Gasteiger partial charge in [-0.25, -0.2) is 0 Å². The van der Waals surface area contributed by atoms with Crippen molar-refractivity contribution in [3.63, 3.8) is 0 Å². The van der Waals surface area contributed by atoms with Gasteiger partial charge in [-0.1, -0.05) is 54.7 Å². The van der Waals surface area contributed by atoms with Crippen LogP contribution in [0.15, 0.2) is 18.2 Å². The van der Waals surface area contributed by atoms with Crippen LogP contribution in [-0.4, -0.2) is 16.9 Å². The Labute approximate surface area is 134 Å². The summed E-state index contributed by atoms with van der Waals surface area (Å²) in [5.74, 6) is -0.316. The van der Waals surface area contributed by atoms with Gasteiger partial charge < -0.3 is 10.6 Å². The molecule has 0 aromatic heterocycles. The second-order valence-corrected chi connectivity index (χ2v) is 6.11. The molecule has 0 radical (unpaired) electrons. The van der Waals surface area contributed by atoms with Gasteiger partial charge in [0.2, 0.25) is 0 Å². The van der Waals surface area contributed by atoms with Crippen molar-refractivity contribution in [2.75, 3.05) is 5.32 Å². The molecule has 1 saturated carbocycles. The van der Waals surface area contributed by atoms with Crippen molar-refractivity contribution in [3.05, 3.63) is 28.2 Å². The molecular formula is C14H16Cl2N2OS. The van der Waals surface area contributed by atoms with E-state index in [9.17, 15) is 4.79 Å². The van der Waals surface area contributed by atoms with Crippen molar-refractivity contribution < 1.29 is 4.79 Å². The molecule has 0 aliphatic heterocycles. The van der Waals surface area contributed by atoms with Crippen LogP contribution in [0, 0.1) is 0 Å². The van der Waals surface area contributed by atoms with Gasteiger partial charge in [-0.3, -0.25) is 4.79 Å². The Kier molecular flexibility index (Phi) is 5.64. The molecule has 1 fully saturated rings. The van der Waals surface area contributed by atoms with Crippen molar-refractivity contribution in [2.24, 2.45) is 0 Å². The number of benzene rings is 1. The van der Waals surface area contributed by atoms with Crippen molar-refractivity contribution >= 4 is 52.0 Å². The van der Waals surface area contributed by atoms with E-state index >= 15 is 0 Å². The number of nitrogens with one attached hydrogen (secondary N) is 2. The Morgan fingerprint density at radius 2 is 1.85 bits per heavy atom. The van der Waals surface area contributed by atoms with E-state index in [-0.39, 0.29) is 10.9 Å². The fourth-order valence-corrected chi connectivity index (χ4v) is 2.78. The number of carbonyl (C=O) groups is 1. The maximum absolute atomic E-state index is 12.0. The predicted octanol–water partition coefficient (Wildman–Crippen LogP) is 4.18. The standard InChI is InChI=1S/C14H16Cl2N2OS/c15-11-7-6-10(8-12(11)16)17-13(19)14(20)18-9-4-2-1-3-5-9/h6-9H,1-5H2,(H,17,19)(H,18,20). The van der Waals surface area contributed by atoms with Crippen LogP contribution in [0.5, 0.6) is 0 Å². The summed E-state index contributed by atoms with van der Waals surface area (Å²) in [4.78, 5) is 12.2. The highest BCUT2D eigenvalue weighted by atomic mass is 35.5.